The number of halogens is 1. The zero-order valence-electron chi connectivity index (χ0n) is 11.0. The van der Waals surface area contributed by atoms with Crippen LogP contribution in [0.5, 0.6) is 0 Å². The van der Waals surface area contributed by atoms with Crippen molar-refractivity contribution in [1.29, 1.82) is 0 Å². The number of ether oxygens (including phenoxy) is 1. The van der Waals surface area contributed by atoms with Crippen LogP contribution in [0.15, 0.2) is 0 Å². The van der Waals surface area contributed by atoms with E-state index in [1.807, 2.05) is 0 Å². The van der Waals surface area contributed by atoms with E-state index < -0.39 is 10.0 Å². The van der Waals surface area contributed by atoms with Crippen LogP contribution in [0.3, 0.4) is 0 Å². The van der Waals surface area contributed by atoms with E-state index in [-0.39, 0.29) is 5.75 Å². The van der Waals surface area contributed by atoms with Crippen molar-refractivity contribution in [2.45, 2.75) is 12.8 Å². The van der Waals surface area contributed by atoms with Crippen molar-refractivity contribution in [1.82, 2.24) is 9.21 Å². The Morgan fingerprint density at radius 3 is 2.67 bits per heavy atom. The summed E-state index contributed by atoms with van der Waals surface area (Å²) in [5.41, 5.74) is 0. The highest BCUT2D eigenvalue weighted by Gasteiger charge is 2.24. The van der Waals surface area contributed by atoms with Crippen LogP contribution in [-0.4, -0.2) is 75.7 Å². The fraction of sp³-hybridized carbons (Fsp3) is 1.00. The number of alkyl halides is 1. The molecule has 0 aromatic rings. The first kappa shape index (κ1) is 16.2. The molecule has 0 aromatic carbocycles. The minimum atomic E-state index is -3.12. The Morgan fingerprint density at radius 2 is 2.00 bits per heavy atom. The van der Waals surface area contributed by atoms with Gasteiger partial charge in [0.05, 0.1) is 5.75 Å². The minimum Gasteiger partial charge on any atom is -0.385 e. The smallest absolute Gasteiger partial charge is 0.214 e. The van der Waals surface area contributed by atoms with Crippen LogP contribution in [0.1, 0.15) is 12.8 Å². The van der Waals surface area contributed by atoms with Crippen molar-refractivity contribution in [2.75, 3.05) is 58.1 Å². The second-order valence-electron chi connectivity index (χ2n) is 4.45. The first-order valence-electron chi connectivity index (χ1n) is 6.35. The topological polar surface area (TPSA) is 49.9 Å². The minimum absolute atomic E-state index is 0.177. The normalized spacial score (nSPS) is 19.9. The maximum atomic E-state index is 12.1. The molecule has 1 rings (SSSR count). The predicted octanol–water partition coefficient (Wildman–Crippen LogP) is 0.599. The van der Waals surface area contributed by atoms with E-state index in [0.717, 1.165) is 26.1 Å². The quantitative estimate of drug-likeness (QED) is 0.510. The molecule has 1 fully saturated rings. The van der Waals surface area contributed by atoms with Crippen LogP contribution >= 0.6 is 11.6 Å². The number of hydrogen-bond acceptors (Lipinski definition) is 4. The molecule has 0 amide bonds. The van der Waals surface area contributed by atoms with Gasteiger partial charge in [-0.15, -0.1) is 11.6 Å². The zero-order valence-corrected chi connectivity index (χ0v) is 12.5. The molecule has 5 nitrogen and oxygen atoms in total. The summed E-state index contributed by atoms with van der Waals surface area (Å²) in [6.07, 6.45) is 1.43. The SMILES string of the molecule is COCCCS(=O)(=O)N1CCCN(CCCl)CC1. The molecular formula is C11H23ClN2O3S. The third kappa shape index (κ3) is 5.40. The molecule has 7 heteroatoms. The van der Waals surface area contributed by atoms with Crippen molar-refractivity contribution in [3.05, 3.63) is 0 Å². The van der Waals surface area contributed by atoms with Gasteiger partial charge in [0.1, 0.15) is 0 Å². The molecule has 1 aliphatic heterocycles. The standard InChI is InChI=1S/C11H23ClN2O3S/c1-17-10-3-11-18(15,16)14-6-2-5-13(7-4-12)8-9-14/h2-11H2,1H3. The summed E-state index contributed by atoms with van der Waals surface area (Å²) in [5, 5.41) is 0. The molecule has 0 atom stereocenters. The van der Waals surface area contributed by atoms with Crippen LogP contribution < -0.4 is 0 Å². The van der Waals surface area contributed by atoms with Crippen LogP contribution in [-0.2, 0) is 14.8 Å². The third-order valence-electron chi connectivity index (χ3n) is 3.09. The van der Waals surface area contributed by atoms with Gasteiger partial charge in [0, 0.05) is 45.8 Å². The maximum Gasteiger partial charge on any atom is 0.214 e. The summed E-state index contributed by atoms with van der Waals surface area (Å²) in [6.45, 7) is 4.22. The Hall–Kier alpha value is 0.120. The Morgan fingerprint density at radius 1 is 1.22 bits per heavy atom. The van der Waals surface area contributed by atoms with E-state index in [2.05, 4.69) is 4.90 Å². The van der Waals surface area contributed by atoms with Gasteiger partial charge in [-0.1, -0.05) is 0 Å². The summed E-state index contributed by atoms with van der Waals surface area (Å²) >= 11 is 5.71. The van der Waals surface area contributed by atoms with E-state index in [9.17, 15) is 8.42 Å². The lowest BCUT2D eigenvalue weighted by atomic mass is 10.4. The molecule has 0 saturated carbocycles. The first-order valence-corrected chi connectivity index (χ1v) is 8.49. The van der Waals surface area contributed by atoms with Gasteiger partial charge in [-0.25, -0.2) is 12.7 Å². The molecule has 1 saturated heterocycles. The molecular weight excluding hydrogens is 276 g/mol. The van der Waals surface area contributed by atoms with Crippen LogP contribution in [0.4, 0.5) is 0 Å². The number of rotatable bonds is 7. The average Bonchev–Trinajstić information content (AvgIpc) is 2.56. The van der Waals surface area contributed by atoms with Crippen molar-refractivity contribution in [3.63, 3.8) is 0 Å². The Labute approximate surface area is 115 Å². The van der Waals surface area contributed by atoms with Crippen LogP contribution in [0, 0.1) is 0 Å². The van der Waals surface area contributed by atoms with Gasteiger partial charge >= 0.3 is 0 Å². The summed E-state index contributed by atoms with van der Waals surface area (Å²) < 4.78 is 30.7. The molecule has 108 valence electrons. The molecule has 1 heterocycles. The molecule has 0 radical (unpaired) electrons. The van der Waals surface area contributed by atoms with Gasteiger partial charge < -0.3 is 9.64 Å². The van der Waals surface area contributed by atoms with Gasteiger partial charge in [0.2, 0.25) is 10.0 Å². The number of nitrogens with zero attached hydrogens (tertiary/aromatic N) is 2. The fourth-order valence-corrected chi connectivity index (χ4v) is 3.83. The second kappa shape index (κ2) is 8.32. The summed E-state index contributed by atoms with van der Waals surface area (Å²) in [6, 6.07) is 0. The van der Waals surface area contributed by atoms with Crippen molar-refractivity contribution in [2.24, 2.45) is 0 Å². The Kier molecular flexibility index (Phi) is 7.48. The highest BCUT2D eigenvalue weighted by molar-refractivity contribution is 7.89. The molecule has 0 spiro atoms. The molecule has 0 aromatic heterocycles. The van der Waals surface area contributed by atoms with Crippen molar-refractivity contribution in [3.8, 4) is 0 Å². The third-order valence-corrected chi connectivity index (χ3v) is 5.22. The highest BCUT2D eigenvalue weighted by Crippen LogP contribution is 2.09. The highest BCUT2D eigenvalue weighted by atomic mass is 35.5. The van der Waals surface area contributed by atoms with Gasteiger partial charge in [-0.3, -0.25) is 0 Å². The second-order valence-corrected chi connectivity index (χ2v) is 6.91. The molecule has 0 aliphatic carbocycles. The summed E-state index contributed by atoms with van der Waals surface area (Å²) in [4.78, 5) is 2.22. The molecule has 0 unspecified atom stereocenters. The van der Waals surface area contributed by atoms with Gasteiger partial charge in [0.15, 0.2) is 0 Å². The number of methoxy groups -OCH3 is 1. The number of sulfonamides is 1. The van der Waals surface area contributed by atoms with E-state index in [1.54, 1.807) is 11.4 Å². The monoisotopic (exact) mass is 298 g/mol. The Bertz CT molecular complexity index is 324. The van der Waals surface area contributed by atoms with Gasteiger partial charge in [-0.2, -0.15) is 0 Å². The molecule has 0 N–H and O–H groups in total. The zero-order chi connectivity index (χ0) is 13.4. The van der Waals surface area contributed by atoms with E-state index in [0.29, 0.717) is 32.0 Å². The average molecular weight is 299 g/mol. The lowest BCUT2D eigenvalue weighted by Crippen LogP contribution is -2.37. The first-order chi connectivity index (χ1) is 8.60. The number of hydrogen-bond donors (Lipinski definition) is 0. The van der Waals surface area contributed by atoms with E-state index in [4.69, 9.17) is 16.3 Å². The van der Waals surface area contributed by atoms with Gasteiger partial charge in [0.25, 0.3) is 0 Å². The maximum absolute atomic E-state index is 12.1. The van der Waals surface area contributed by atoms with E-state index in [1.165, 1.54) is 0 Å². The lowest BCUT2D eigenvalue weighted by molar-refractivity contribution is 0.199. The Balaban J connectivity index is 2.45. The van der Waals surface area contributed by atoms with Crippen LogP contribution in [0.2, 0.25) is 0 Å². The largest absolute Gasteiger partial charge is 0.385 e. The molecule has 1 aliphatic rings. The fourth-order valence-electron chi connectivity index (χ4n) is 2.08. The van der Waals surface area contributed by atoms with E-state index >= 15 is 0 Å². The lowest BCUT2D eigenvalue weighted by Gasteiger charge is -2.21. The predicted molar refractivity (Wildman–Crippen MR) is 73.6 cm³/mol. The van der Waals surface area contributed by atoms with Crippen molar-refractivity contribution >= 4 is 21.6 Å². The summed E-state index contributed by atoms with van der Waals surface area (Å²) in [7, 11) is -1.54. The molecule has 0 bridgehead atoms. The van der Waals surface area contributed by atoms with Crippen LogP contribution in [0.25, 0.3) is 0 Å². The molecule has 18 heavy (non-hydrogen) atoms. The van der Waals surface area contributed by atoms with Gasteiger partial charge in [-0.05, 0) is 19.4 Å². The van der Waals surface area contributed by atoms with Crippen molar-refractivity contribution < 1.29 is 13.2 Å². The summed E-state index contributed by atoms with van der Waals surface area (Å²) in [5.74, 6) is 0.775.